The van der Waals surface area contributed by atoms with Crippen molar-refractivity contribution < 1.29 is 23.1 Å². The Morgan fingerprint density at radius 3 is 2.50 bits per heavy atom. The SMILES string of the molecule is Cc1cnccc1-n1nc(Cn2nc(-c3ccc(Cl)cc3)n(CC(O)C(F)(F)F)c2=O)nc1C(N)=O. The number of primary amides is 1. The first-order chi connectivity index (χ1) is 17.0. The summed E-state index contributed by atoms with van der Waals surface area (Å²) in [4.78, 5) is 33.1. The number of amides is 1. The number of alkyl halides is 3. The molecule has 1 atom stereocenters. The Hall–Kier alpha value is -4.04. The van der Waals surface area contributed by atoms with E-state index in [-0.39, 0.29) is 23.0 Å². The molecule has 15 heteroatoms. The van der Waals surface area contributed by atoms with Crippen molar-refractivity contribution >= 4 is 17.5 Å². The highest BCUT2D eigenvalue weighted by Crippen LogP contribution is 2.24. The van der Waals surface area contributed by atoms with E-state index in [2.05, 4.69) is 20.2 Å². The van der Waals surface area contributed by atoms with Gasteiger partial charge in [0.1, 0.15) is 6.54 Å². The van der Waals surface area contributed by atoms with Crippen LogP contribution in [0.4, 0.5) is 13.2 Å². The summed E-state index contributed by atoms with van der Waals surface area (Å²) in [7, 11) is 0. The van der Waals surface area contributed by atoms with Crippen LogP contribution in [0.2, 0.25) is 5.02 Å². The van der Waals surface area contributed by atoms with Gasteiger partial charge in [-0.05, 0) is 42.8 Å². The topological polar surface area (TPSA) is 147 Å². The first-order valence-corrected chi connectivity index (χ1v) is 10.7. The number of aryl methyl sites for hydroxylation is 1. The highest BCUT2D eigenvalue weighted by atomic mass is 35.5. The maximum atomic E-state index is 13.0. The summed E-state index contributed by atoms with van der Waals surface area (Å²) in [6, 6.07) is 7.47. The third-order valence-electron chi connectivity index (χ3n) is 5.14. The Morgan fingerprint density at radius 1 is 1.19 bits per heavy atom. The summed E-state index contributed by atoms with van der Waals surface area (Å²) in [6.07, 6.45) is -4.76. The van der Waals surface area contributed by atoms with E-state index in [1.165, 1.54) is 41.3 Å². The van der Waals surface area contributed by atoms with Crippen molar-refractivity contribution in [3.05, 3.63) is 75.4 Å². The highest BCUT2D eigenvalue weighted by molar-refractivity contribution is 6.30. The van der Waals surface area contributed by atoms with E-state index in [9.17, 15) is 27.9 Å². The van der Waals surface area contributed by atoms with Crippen LogP contribution >= 0.6 is 11.6 Å². The van der Waals surface area contributed by atoms with Gasteiger partial charge in [-0.2, -0.15) is 13.2 Å². The van der Waals surface area contributed by atoms with Gasteiger partial charge in [-0.3, -0.25) is 14.3 Å². The fourth-order valence-electron chi connectivity index (χ4n) is 3.38. The van der Waals surface area contributed by atoms with Crippen LogP contribution in [0.15, 0.2) is 47.5 Å². The number of nitrogens with zero attached hydrogens (tertiary/aromatic N) is 7. The zero-order valence-corrected chi connectivity index (χ0v) is 19.3. The Balaban J connectivity index is 1.78. The molecule has 3 N–H and O–H groups in total. The lowest BCUT2D eigenvalue weighted by atomic mass is 10.2. The minimum atomic E-state index is -4.96. The van der Waals surface area contributed by atoms with Gasteiger partial charge in [0.05, 0.1) is 12.2 Å². The lowest BCUT2D eigenvalue weighted by Gasteiger charge is -2.15. The molecule has 3 heterocycles. The zero-order chi connectivity index (χ0) is 26.2. The zero-order valence-electron chi connectivity index (χ0n) is 18.5. The fraction of sp³-hybridized carbons (Fsp3) is 0.238. The Morgan fingerprint density at radius 2 is 1.89 bits per heavy atom. The lowest BCUT2D eigenvalue weighted by Crippen LogP contribution is -2.37. The molecule has 0 saturated heterocycles. The Kier molecular flexibility index (Phi) is 6.65. The molecule has 4 aromatic rings. The van der Waals surface area contributed by atoms with Crippen LogP contribution in [0.5, 0.6) is 0 Å². The van der Waals surface area contributed by atoms with Crippen molar-refractivity contribution in [3.8, 4) is 17.1 Å². The molecule has 11 nitrogen and oxygen atoms in total. The van der Waals surface area contributed by atoms with Crippen LogP contribution < -0.4 is 11.4 Å². The van der Waals surface area contributed by atoms with Crippen LogP contribution in [0, 0.1) is 6.92 Å². The van der Waals surface area contributed by atoms with E-state index in [1.807, 2.05) is 0 Å². The Bertz CT molecular complexity index is 1480. The van der Waals surface area contributed by atoms with Crippen molar-refractivity contribution in [2.45, 2.75) is 32.3 Å². The Labute approximate surface area is 205 Å². The van der Waals surface area contributed by atoms with E-state index in [0.29, 0.717) is 20.8 Å². The first-order valence-electron chi connectivity index (χ1n) is 10.3. The van der Waals surface area contributed by atoms with E-state index >= 15 is 0 Å². The van der Waals surface area contributed by atoms with Gasteiger partial charge in [-0.15, -0.1) is 10.2 Å². The summed E-state index contributed by atoms with van der Waals surface area (Å²) in [5.41, 5.74) is 5.89. The van der Waals surface area contributed by atoms with Crippen molar-refractivity contribution in [2.24, 2.45) is 5.73 Å². The predicted molar refractivity (Wildman–Crippen MR) is 121 cm³/mol. The molecule has 0 saturated carbocycles. The molecule has 188 valence electrons. The summed E-state index contributed by atoms with van der Waals surface area (Å²) >= 11 is 5.89. The monoisotopic (exact) mass is 522 g/mol. The number of aromatic nitrogens is 7. The van der Waals surface area contributed by atoms with Crippen LogP contribution in [0.3, 0.4) is 0 Å². The molecule has 0 aliphatic rings. The molecule has 1 unspecified atom stereocenters. The molecule has 1 amide bonds. The molecule has 0 bridgehead atoms. The molecule has 4 rings (SSSR count). The molecule has 0 spiro atoms. The third-order valence-corrected chi connectivity index (χ3v) is 5.39. The fourth-order valence-corrected chi connectivity index (χ4v) is 3.51. The van der Waals surface area contributed by atoms with Crippen molar-refractivity contribution in [3.63, 3.8) is 0 Å². The predicted octanol–water partition coefficient (Wildman–Crippen LogP) is 1.72. The molecule has 0 aliphatic heterocycles. The van der Waals surface area contributed by atoms with Crippen molar-refractivity contribution in [2.75, 3.05) is 0 Å². The number of aliphatic hydroxyl groups is 1. The molecule has 1 aromatic carbocycles. The lowest BCUT2D eigenvalue weighted by molar-refractivity contribution is -0.207. The minimum Gasteiger partial charge on any atom is -0.382 e. The molecular weight excluding hydrogens is 505 g/mol. The number of hydrogen-bond donors (Lipinski definition) is 2. The van der Waals surface area contributed by atoms with E-state index in [0.717, 1.165) is 4.68 Å². The largest absolute Gasteiger partial charge is 0.416 e. The summed E-state index contributed by atoms with van der Waals surface area (Å²) in [5.74, 6) is -1.31. The van der Waals surface area contributed by atoms with Gasteiger partial charge in [-0.25, -0.2) is 19.1 Å². The van der Waals surface area contributed by atoms with Gasteiger partial charge in [0.2, 0.25) is 5.82 Å². The van der Waals surface area contributed by atoms with Gasteiger partial charge in [-0.1, -0.05) is 11.6 Å². The second kappa shape index (κ2) is 9.54. The summed E-state index contributed by atoms with van der Waals surface area (Å²) in [6.45, 7) is 0.238. The number of pyridine rings is 1. The molecule has 0 fully saturated rings. The second-order valence-corrected chi connectivity index (χ2v) is 8.17. The summed E-state index contributed by atoms with van der Waals surface area (Å²) in [5, 5.41) is 18.4. The van der Waals surface area contributed by atoms with Crippen molar-refractivity contribution in [1.82, 2.24) is 34.1 Å². The first kappa shape index (κ1) is 25.1. The van der Waals surface area contributed by atoms with E-state index in [4.69, 9.17) is 17.3 Å². The van der Waals surface area contributed by atoms with Gasteiger partial charge in [0.15, 0.2) is 17.8 Å². The molecule has 36 heavy (non-hydrogen) atoms. The maximum Gasteiger partial charge on any atom is 0.416 e. The number of carbonyl (C=O) groups excluding carboxylic acids is 1. The maximum absolute atomic E-state index is 13.0. The average molecular weight is 523 g/mol. The van der Waals surface area contributed by atoms with Gasteiger partial charge >= 0.3 is 11.9 Å². The van der Waals surface area contributed by atoms with Gasteiger partial charge in [0, 0.05) is 23.0 Å². The molecule has 3 aromatic heterocycles. The van der Waals surface area contributed by atoms with Crippen LogP contribution in [-0.2, 0) is 13.1 Å². The highest BCUT2D eigenvalue weighted by Gasteiger charge is 2.39. The third kappa shape index (κ3) is 4.99. The minimum absolute atomic E-state index is 0.0502. The van der Waals surface area contributed by atoms with Gasteiger partial charge < -0.3 is 10.8 Å². The van der Waals surface area contributed by atoms with Crippen LogP contribution in [0.1, 0.15) is 22.0 Å². The smallest absolute Gasteiger partial charge is 0.382 e. The number of aliphatic hydroxyl groups excluding tert-OH is 1. The molecular formula is C21H18ClF3N8O3. The number of halogens is 4. The number of rotatable bonds is 7. The van der Waals surface area contributed by atoms with Gasteiger partial charge in [0.25, 0.3) is 5.91 Å². The van der Waals surface area contributed by atoms with Crippen molar-refractivity contribution in [1.29, 1.82) is 0 Å². The normalized spacial score (nSPS) is 12.6. The standard InChI is InChI=1S/C21H18ClF3N8O3/c1-11-8-27-7-6-14(11)33-19(17(26)35)28-16(29-33)10-32-20(36)31(9-15(34)21(23,24)25)18(30-32)12-2-4-13(22)5-3-12/h2-8,15,34H,9-10H2,1H3,(H2,26,35). The van der Waals surface area contributed by atoms with Crippen LogP contribution in [0.25, 0.3) is 17.1 Å². The van der Waals surface area contributed by atoms with Crippen LogP contribution in [-0.4, -0.2) is 57.4 Å². The number of benzene rings is 1. The molecule has 0 radical (unpaired) electrons. The quantitative estimate of drug-likeness (QED) is 0.375. The average Bonchev–Trinajstić information content (AvgIpc) is 3.36. The summed E-state index contributed by atoms with van der Waals surface area (Å²) < 4.78 is 41.8. The number of nitrogens with two attached hydrogens (primary N) is 1. The van der Waals surface area contributed by atoms with E-state index < -0.39 is 37.0 Å². The molecule has 0 aliphatic carbocycles. The van der Waals surface area contributed by atoms with E-state index in [1.54, 1.807) is 13.0 Å². The second-order valence-electron chi connectivity index (χ2n) is 7.73. The number of hydrogen-bond acceptors (Lipinski definition) is 7. The number of carbonyl (C=O) groups is 1.